The molecule has 1 aliphatic rings. The second kappa shape index (κ2) is 10.2. The maximum atomic E-state index is 12.7. The number of likely N-dealkylation sites (tertiary alicyclic amines) is 1. The molecule has 0 atom stereocenters. The summed E-state index contributed by atoms with van der Waals surface area (Å²) in [7, 11) is 5.14. The van der Waals surface area contributed by atoms with Gasteiger partial charge >= 0.3 is 0 Å². The van der Waals surface area contributed by atoms with E-state index in [4.69, 9.17) is 4.74 Å². The first-order chi connectivity index (χ1) is 14.5. The lowest BCUT2D eigenvalue weighted by Gasteiger charge is -2.32. The molecule has 0 saturated carbocycles. The van der Waals surface area contributed by atoms with Crippen molar-refractivity contribution >= 4 is 11.8 Å². The zero-order valence-corrected chi connectivity index (χ0v) is 18.1. The lowest BCUT2D eigenvalue weighted by Crippen LogP contribution is -2.38. The third-order valence-corrected chi connectivity index (χ3v) is 5.77. The number of pyridine rings is 1. The average Bonchev–Trinajstić information content (AvgIpc) is 2.78. The lowest BCUT2D eigenvalue weighted by atomic mass is 9.89. The van der Waals surface area contributed by atoms with E-state index in [2.05, 4.69) is 29.2 Å². The van der Waals surface area contributed by atoms with E-state index in [1.165, 1.54) is 11.1 Å². The number of aryl methyl sites for hydroxylation is 1. The SMILES string of the molecule is COc1ccc(C(=O)N2CCC(Cc3ccc(CCC(=O)N(C)C)cc3)CC2)cn1. The molecule has 1 fully saturated rings. The number of hydrogen-bond acceptors (Lipinski definition) is 4. The second-order valence-electron chi connectivity index (χ2n) is 8.13. The molecule has 1 aliphatic heterocycles. The second-order valence-corrected chi connectivity index (χ2v) is 8.13. The Hall–Kier alpha value is -2.89. The number of benzene rings is 1. The van der Waals surface area contributed by atoms with Gasteiger partial charge in [0.15, 0.2) is 0 Å². The van der Waals surface area contributed by atoms with Crippen LogP contribution in [0.4, 0.5) is 0 Å². The minimum Gasteiger partial charge on any atom is -0.481 e. The fourth-order valence-corrected chi connectivity index (χ4v) is 3.80. The first-order valence-corrected chi connectivity index (χ1v) is 10.5. The Labute approximate surface area is 178 Å². The number of carbonyl (C=O) groups is 2. The predicted octanol–water partition coefficient (Wildman–Crippen LogP) is 3.21. The summed E-state index contributed by atoms with van der Waals surface area (Å²) in [4.78, 5) is 32.1. The molecule has 1 saturated heterocycles. The molecule has 1 aromatic heterocycles. The molecule has 0 bridgehead atoms. The monoisotopic (exact) mass is 409 g/mol. The molecule has 6 heteroatoms. The predicted molar refractivity (Wildman–Crippen MR) is 117 cm³/mol. The van der Waals surface area contributed by atoms with Crippen molar-refractivity contribution < 1.29 is 14.3 Å². The largest absolute Gasteiger partial charge is 0.481 e. The van der Waals surface area contributed by atoms with Gasteiger partial charge in [-0.1, -0.05) is 24.3 Å². The van der Waals surface area contributed by atoms with Gasteiger partial charge in [0.25, 0.3) is 5.91 Å². The standard InChI is InChI=1S/C24H31N3O3/c1-26(2)23(28)11-8-18-4-6-19(7-5-18)16-20-12-14-27(15-13-20)24(29)21-9-10-22(30-3)25-17-21/h4-7,9-10,17,20H,8,11-16H2,1-3H3. The highest BCUT2D eigenvalue weighted by atomic mass is 16.5. The van der Waals surface area contributed by atoms with Crippen LogP contribution in [0.1, 0.15) is 40.7 Å². The van der Waals surface area contributed by atoms with Gasteiger partial charge in [-0.15, -0.1) is 0 Å². The minimum atomic E-state index is 0.0419. The summed E-state index contributed by atoms with van der Waals surface area (Å²) in [5.74, 6) is 1.30. The Balaban J connectivity index is 1.46. The first kappa shape index (κ1) is 21.8. The van der Waals surface area contributed by atoms with Crippen LogP contribution in [-0.4, -0.2) is 60.9 Å². The van der Waals surface area contributed by atoms with Crippen LogP contribution < -0.4 is 4.74 Å². The van der Waals surface area contributed by atoms with E-state index in [0.29, 0.717) is 23.8 Å². The topological polar surface area (TPSA) is 62.7 Å². The van der Waals surface area contributed by atoms with E-state index in [9.17, 15) is 9.59 Å². The van der Waals surface area contributed by atoms with Crippen LogP contribution in [0.25, 0.3) is 0 Å². The number of amides is 2. The summed E-state index contributed by atoms with van der Waals surface area (Å²) in [6, 6.07) is 12.1. The van der Waals surface area contributed by atoms with E-state index < -0.39 is 0 Å². The number of nitrogens with zero attached hydrogens (tertiary/aromatic N) is 3. The van der Waals surface area contributed by atoms with E-state index in [-0.39, 0.29) is 11.8 Å². The van der Waals surface area contributed by atoms with Crippen LogP contribution in [0.5, 0.6) is 5.88 Å². The molecule has 2 amide bonds. The van der Waals surface area contributed by atoms with E-state index in [0.717, 1.165) is 38.8 Å². The number of carbonyl (C=O) groups excluding carboxylic acids is 2. The third-order valence-electron chi connectivity index (χ3n) is 5.77. The van der Waals surface area contributed by atoms with Gasteiger partial charge in [-0.3, -0.25) is 9.59 Å². The molecule has 1 aromatic carbocycles. The smallest absolute Gasteiger partial charge is 0.255 e. The van der Waals surface area contributed by atoms with Gasteiger partial charge in [-0.05, 0) is 48.8 Å². The van der Waals surface area contributed by atoms with Crippen LogP contribution >= 0.6 is 0 Å². The first-order valence-electron chi connectivity index (χ1n) is 10.5. The Kier molecular flexibility index (Phi) is 7.44. The van der Waals surface area contributed by atoms with E-state index in [1.54, 1.807) is 44.4 Å². The lowest BCUT2D eigenvalue weighted by molar-refractivity contribution is -0.128. The number of piperidine rings is 1. The van der Waals surface area contributed by atoms with Gasteiger partial charge in [0.2, 0.25) is 11.8 Å². The van der Waals surface area contributed by atoms with Crippen LogP contribution in [0.2, 0.25) is 0 Å². The average molecular weight is 410 g/mol. The molecule has 2 aromatic rings. The molecular formula is C24H31N3O3. The van der Waals surface area contributed by atoms with Crippen LogP contribution in [0, 0.1) is 5.92 Å². The van der Waals surface area contributed by atoms with Gasteiger partial charge in [0, 0.05) is 45.9 Å². The molecule has 0 radical (unpaired) electrons. The Morgan fingerprint density at radius 3 is 2.30 bits per heavy atom. The van der Waals surface area contributed by atoms with Gasteiger partial charge in [-0.25, -0.2) is 4.98 Å². The Morgan fingerprint density at radius 1 is 1.07 bits per heavy atom. The van der Waals surface area contributed by atoms with Crippen molar-refractivity contribution in [2.75, 3.05) is 34.3 Å². The zero-order valence-electron chi connectivity index (χ0n) is 18.1. The van der Waals surface area contributed by atoms with Crippen molar-refractivity contribution in [1.82, 2.24) is 14.8 Å². The van der Waals surface area contributed by atoms with E-state index >= 15 is 0 Å². The van der Waals surface area contributed by atoms with Crippen molar-refractivity contribution in [3.63, 3.8) is 0 Å². The highest BCUT2D eigenvalue weighted by Gasteiger charge is 2.24. The number of hydrogen-bond donors (Lipinski definition) is 0. The number of ether oxygens (including phenoxy) is 1. The highest BCUT2D eigenvalue weighted by Crippen LogP contribution is 2.23. The molecule has 6 nitrogen and oxygen atoms in total. The summed E-state index contributed by atoms with van der Waals surface area (Å²) < 4.78 is 5.05. The van der Waals surface area contributed by atoms with Crippen molar-refractivity contribution in [2.24, 2.45) is 5.92 Å². The molecule has 3 rings (SSSR count). The third kappa shape index (κ3) is 5.81. The fraction of sp³-hybridized carbons (Fsp3) is 0.458. The normalized spacial score (nSPS) is 14.4. The van der Waals surface area contributed by atoms with Crippen LogP contribution in [0.3, 0.4) is 0 Å². The van der Waals surface area contributed by atoms with E-state index in [1.807, 2.05) is 4.90 Å². The number of rotatable bonds is 7. The molecule has 160 valence electrons. The Bertz CT molecular complexity index is 839. The zero-order chi connectivity index (χ0) is 21.5. The summed E-state index contributed by atoms with van der Waals surface area (Å²) in [5, 5.41) is 0. The van der Waals surface area contributed by atoms with Gasteiger partial charge < -0.3 is 14.5 Å². The van der Waals surface area contributed by atoms with Gasteiger partial charge in [-0.2, -0.15) is 0 Å². The fourth-order valence-electron chi connectivity index (χ4n) is 3.80. The molecule has 0 unspecified atom stereocenters. The molecule has 0 aliphatic carbocycles. The maximum Gasteiger partial charge on any atom is 0.255 e. The summed E-state index contributed by atoms with van der Waals surface area (Å²) in [5.41, 5.74) is 3.13. The van der Waals surface area contributed by atoms with Crippen LogP contribution in [0.15, 0.2) is 42.6 Å². The van der Waals surface area contributed by atoms with Gasteiger partial charge in [0.05, 0.1) is 12.7 Å². The molecule has 0 N–H and O–H groups in total. The van der Waals surface area contributed by atoms with Crippen molar-refractivity contribution in [2.45, 2.75) is 32.1 Å². The van der Waals surface area contributed by atoms with Crippen LogP contribution in [-0.2, 0) is 17.6 Å². The van der Waals surface area contributed by atoms with Gasteiger partial charge in [0.1, 0.15) is 0 Å². The molecule has 2 heterocycles. The summed E-state index contributed by atoms with van der Waals surface area (Å²) >= 11 is 0. The highest BCUT2D eigenvalue weighted by molar-refractivity contribution is 5.94. The Morgan fingerprint density at radius 2 is 1.73 bits per heavy atom. The molecular weight excluding hydrogens is 378 g/mol. The summed E-state index contributed by atoms with van der Waals surface area (Å²) in [6.07, 6.45) is 5.95. The molecule has 30 heavy (non-hydrogen) atoms. The maximum absolute atomic E-state index is 12.7. The van der Waals surface area contributed by atoms with Crippen molar-refractivity contribution in [3.05, 3.63) is 59.3 Å². The van der Waals surface area contributed by atoms with Crippen molar-refractivity contribution in [1.29, 1.82) is 0 Å². The number of aromatic nitrogens is 1. The quantitative estimate of drug-likeness (QED) is 0.705. The number of methoxy groups -OCH3 is 1. The minimum absolute atomic E-state index is 0.0419. The molecule has 0 spiro atoms. The van der Waals surface area contributed by atoms with Crippen molar-refractivity contribution in [3.8, 4) is 5.88 Å². The summed E-state index contributed by atoms with van der Waals surface area (Å²) in [6.45, 7) is 1.56.